The zero-order valence-electron chi connectivity index (χ0n) is 14.5. The Labute approximate surface area is 149 Å². The number of amides is 1. The summed E-state index contributed by atoms with van der Waals surface area (Å²) in [5, 5.41) is 4.30. The molecule has 1 amide bonds. The first-order chi connectivity index (χ1) is 12.0. The van der Waals surface area contributed by atoms with Gasteiger partial charge >= 0.3 is 0 Å². The minimum absolute atomic E-state index is 0.0813. The van der Waals surface area contributed by atoms with Gasteiger partial charge in [0.15, 0.2) is 6.04 Å². The smallest absolute Gasteiger partial charge is 0.278 e. The van der Waals surface area contributed by atoms with Crippen LogP contribution >= 0.6 is 0 Å². The van der Waals surface area contributed by atoms with E-state index in [1.807, 2.05) is 37.3 Å². The van der Waals surface area contributed by atoms with E-state index in [-0.39, 0.29) is 11.9 Å². The molecule has 0 spiro atoms. The number of hydrogen-bond acceptors (Lipinski definition) is 3. The lowest BCUT2D eigenvalue weighted by molar-refractivity contribution is -0.917. The van der Waals surface area contributed by atoms with Crippen molar-refractivity contribution < 1.29 is 18.1 Å². The fourth-order valence-corrected chi connectivity index (χ4v) is 4.21. The first-order valence-electron chi connectivity index (χ1n) is 8.84. The second kappa shape index (κ2) is 7.68. The van der Waals surface area contributed by atoms with Gasteiger partial charge in [0.25, 0.3) is 5.91 Å². The zero-order valence-corrected chi connectivity index (χ0v) is 15.3. The number of piperazine rings is 1. The lowest BCUT2D eigenvalue weighted by atomic mass is 10.2. The molecule has 7 heteroatoms. The molecule has 0 unspecified atom stereocenters. The van der Waals surface area contributed by atoms with Crippen LogP contribution in [0, 0.1) is 0 Å². The molecule has 2 aliphatic rings. The minimum atomic E-state index is -3.42. The van der Waals surface area contributed by atoms with E-state index in [1.54, 1.807) is 6.08 Å². The summed E-state index contributed by atoms with van der Waals surface area (Å²) in [5.41, 5.74) is 0.862. The van der Waals surface area contributed by atoms with Gasteiger partial charge in [-0.25, -0.2) is 8.42 Å². The van der Waals surface area contributed by atoms with Gasteiger partial charge in [0.1, 0.15) is 0 Å². The van der Waals surface area contributed by atoms with Gasteiger partial charge in [-0.15, -0.1) is 0 Å². The quantitative estimate of drug-likeness (QED) is 0.738. The third kappa shape index (κ3) is 4.90. The largest absolute Gasteiger partial charge is 0.348 e. The van der Waals surface area contributed by atoms with E-state index < -0.39 is 10.0 Å². The molecule has 1 heterocycles. The third-order valence-electron chi connectivity index (χ3n) is 4.89. The summed E-state index contributed by atoms with van der Waals surface area (Å²) in [6.07, 6.45) is 3.78. The molecule has 0 aromatic heterocycles. The number of benzene rings is 1. The second-order valence-electron chi connectivity index (χ2n) is 6.82. The Kier molecular flexibility index (Phi) is 5.56. The standard InChI is InChI=1S/C18H25N3O3S/c1-15(18(22)19-17-7-8-17)20-10-12-21(13-11-20)25(23,24)14-9-16-5-3-2-4-6-16/h2-6,9,14-15,17H,7-8,10-13H2,1H3,(H,19,22)/p+1/b14-9+/t15-/m0/s1. The number of carbonyl (C=O) groups is 1. The molecule has 3 rings (SSSR count). The van der Waals surface area contributed by atoms with Crippen LogP contribution in [-0.2, 0) is 14.8 Å². The van der Waals surface area contributed by atoms with E-state index >= 15 is 0 Å². The zero-order chi connectivity index (χ0) is 17.9. The molecule has 1 saturated carbocycles. The number of rotatable bonds is 6. The predicted molar refractivity (Wildman–Crippen MR) is 97.3 cm³/mol. The molecule has 25 heavy (non-hydrogen) atoms. The van der Waals surface area contributed by atoms with Gasteiger partial charge in [-0.1, -0.05) is 30.3 Å². The predicted octanol–water partition coefficient (Wildman–Crippen LogP) is -0.145. The van der Waals surface area contributed by atoms with Crippen molar-refractivity contribution in [1.29, 1.82) is 0 Å². The molecule has 1 aliphatic carbocycles. The van der Waals surface area contributed by atoms with E-state index in [1.165, 1.54) is 9.71 Å². The first-order valence-corrected chi connectivity index (χ1v) is 10.3. The van der Waals surface area contributed by atoms with Crippen molar-refractivity contribution in [2.45, 2.75) is 31.8 Å². The van der Waals surface area contributed by atoms with Crippen LogP contribution in [0.1, 0.15) is 25.3 Å². The number of quaternary nitrogens is 1. The van der Waals surface area contributed by atoms with E-state index in [2.05, 4.69) is 5.32 Å². The molecule has 1 aromatic rings. The normalized spacial score (nSPS) is 21.3. The van der Waals surface area contributed by atoms with Crippen molar-refractivity contribution in [3.05, 3.63) is 41.3 Å². The summed E-state index contributed by atoms with van der Waals surface area (Å²) in [7, 11) is -3.42. The Hall–Kier alpha value is -1.70. The third-order valence-corrected chi connectivity index (χ3v) is 6.45. The SMILES string of the molecule is C[C@@H](C(=O)NC1CC1)[NH+]1CCN(S(=O)(=O)/C=C/c2ccccc2)CC1. The fraction of sp³-hybridized carbons (Fsp3) is 0.500. The van der Waals surface area contributed by atoms with Gasteiger partial charge < -0.3 is 10.2 Å². The van der Waals surface area contributed by atoms with Crippen LogP contribution in [0.5, 0.6) is 0 Å². The van der Waals surface area contributed by atoms with Gasteiger partial charge in [0.2, 0.25) is 10.0 Å². The summed E-state index contributed by atoms with van der Waals surface area (Å²) < 4.78 is 26.4. The second-order valence-corrected chi connectivity index (χ2v) is 8.64. The van der Waals surface area contributed by atoms with E-state index in [4.69, 9.17) is 0 Å². The lowest BCUT2D eigenvalue weighted by Gasteiger charge is -2.33. The number of hydrogen-bond donors (Lipinski definition) is 2. The highest BCUT2D eigenvalue weighted by molar-refractivity contribution is 7.92. The topological polar surface area (TPSA) is 70.9 Å². The minimum Gasteiger partial charge on any atom is -0.348 e. The van der Waals surface area contributed by atoms with Crippen LogP contribution in [0.25, 0.3) is 6.08 Å². The van der Waals surface area contributed by atoms with E-state index in [9.17, 15) is 13.2 Å². The number of sulfonamides is 1. The summed E-state index contributed by atoms with van der Waals surface area (Å²) >= 11 is 0. The summed E-state index contributed by atoms with van der Waals surface area (Å²) in [4.78, 5) is 13.3. The Morgan fingerprint density at radius 1 is 1.24 bits per heavy atom. The van der Waals surface area contributed by atoms with Crippen LogP contribution in [0.4, 0.5) is 0 Å². The first kappa shape index (κ1) is 18.1. The van der Waals surface area contributed by atoms with Crippen molar-refractivity contribution in [3.8, 4) is 0 Å². The Balaban J connectivity index is 1.53. The number of carbonyl (C=O) groups excluding carboxylic acids is 1. The average molecular weight is 364 g/mol. The van der Waals surface area contributed by atoms with Crippen molar-refractivity contribution in [2.75, 3.05) is 26.2 Å². The molecule has 1 saturated heterocycles. The van der Waals surface area contributed by atoms with Gasteiger partial charge in [0, 0.05) is 11.4 Å². The van der Waals surface area contributed by atoms with Gasteiger partial charge in [0.05, 0.1) is 26.2 Å². The monoisotopic (exact) mass is 364 g/mol. The fourth-order valence-electron chi connectivity index (χ4n) is 3.01. The maximum atomic E-state index is 12.5. The van der Waals surface area contributed by atoms with Gasteiger partial charge in [-0.05, 0) is 31.4 Å². The number of nitrogens with one attached hydrogen (secondary N) is 2. The molecule has 2 N–H and O–H groups in total. The van der Waals surface area contributed by atoms with Crippen LogP contribution < -0.4 is 10.2 Å². The summed E-state index contributed by atoms with van der Waals surface area (Å²) in [6, 6.07) is 9.62. The van der Waals surface area contributed by atoms with E-state index in [0.717, 1.165) is 23.3 Å². The van der Waals surface area contributed by atoms with Crippen molar-refractivity contribution in [2.24, 2.45) is 0 Å². The van der Waals surface area contributed by atoms with Crippen molar-refractivity contribution in [3.63, 3.8) is 0 Å². The summed E-state index contributed by atoms with van der Waals surface area (Å²) in [6.45, 7) is 4.11. The van der Waals surface area contributed by atoms with Gasteiger partial charge in [-0.3, -0.25) is 4.79 Å². The Bertz CT molecular complexity index is 721. The molecule has 0 bridgehead atoms. The van der Waals surface area contributed by atoms with E-state index in [0.29, 0.717) is 32.2 Å². The maximum Gasteiger partial charge on any atom is 0.278 e. The van der Waals surface area contributed by atoms with Crippen LogP contribution in [0.15, 0.2) is 35.7 Å². The molecular weight excluding hydrogens is 338 g/mol. The van der Waals surface area contributed by atoms with Crippen molar-refractivity contribution in [1.82, 2.24) is 9.62 Å². The maximum absolute atomic E-state index is 12.5. The highest BCUT2D eigenvalue weighted by atomic mass is 32.2. The van der Waals surface area contributed by atoms with Crippen LogP contribution in [0.2, 0.25) is 0 Å². The molecular formula is C18H26N3O3S+. The molecule has 1 aliphatic heterocycles. The molecule has 1 atom stereocenters. The van der Waals surface area contributed by atoms with Crippen LogP contribution in [-0.4, -0.2) is 56.9 Å². The van der Waals surface area contributed by atoms with Gasteiger partial charge in [-0.2, -0.15) is 4.31 Å². The van der Waals surface area contributed by atoms with Crippen LogP contribution in [0.3, 0.4) is 0 Å². The molecule has 1 aromatic carbocycles. The highest BCUT2D eigenvalue weighted by Gasteiger charge is 2.34. The molecule has 0 radical (unpaired) electrons. The Morgan fingerprint density at radius 2 is 1.88 bits per heavy atom. The Morgan fingerprint density at radius 3 is 2.48 bits per heavy atom. The number of nitrogens with zero attached hydrogens (tertiary/aromatic N) is 1. The molecule has 6 nitrogen and oxygen atoms in total. The summed E-state index contributed by atoms with van der Waals surface area (Å²) in [5.74, 6) is 0.0813. The lowest BCUT2D eigenvalue weighted by Crippen LogP contribution is -3.19. The van der Waals surface area contributed by atoms with Crippen molar-refractivity contribution >= 4 is 22.0 Å². The molecule has 136 valence electrons. The average Bonchev–Trinajstić information content (AvgIpc) is 3.44. The highest BCUT2D eigenvalue weighted by Crippen LogP contribution is 2.18. The molecule has 2 fully saturated rings.